The minimum absolute atomic E-state index is 0.0166. The highest BCUT2D eigenvalue weighted by atomic mass is 16.2. The molecule has 0 saturated carbocycles. The Hall–Kier alpha value is -1.91. The van der Waals surface area contributed by atoms with E-state index in [-0.39, 0.29) is 16.8 Å². The van der Waals surface area contributed by atoms with Gasteiger partial charge in [-0.2, -0.15) is 0 Å². The molecule has 0 saturated heterocycles. The number of hydrogen-bond acceptors (Lipinski definition) is 3. The third-order valence-electron chi connectivity index (χ3n) is 3.50. The Morgan fingerprint density at radius 3 is 2.70 bits per heavy atom. The van der Waals surface area contributed by atoms with Gasteiger partial charge in [0.15, 0.2) is 5.78 Å². The van der Waals surface area contributed by atoms with Gasteiger partial charge in [-0.15, -0.1) is 0 Å². The molecule has 2 rings (SSSR count). The number of amides is 1. The summed E-state index contributed by atoms with van der Waals surface area (Å²) in [5, 5.41) is 2.66. The lowest BCUT2D eigenvalue weighted by atomic mass is 9.75. The number of Topliss-reactive ketones (excluding diaryl/α,β-unsaturated/α-hetero) is 1. The fourth-order valence-corrected chi connectivity index (χ4v) is 2.53. The topological polar surface area (TPSA) is 79.0 Å². The molecule has 5 nitrogen and oxygen atoms in total. The number of nitrogens with one attached hydrogen (secondary N) is 2. The van der Waals surface area contributed by atoms with Crippen LogP contribution in [0.4, 0.5) is 0 Å². The summed E-state index contributed by atoms with van der Waals surface area (Å²) in [6, 6.07) is 1.44. The maximum Gasteiger partial charge on any atom is 0.261 e. The number of H-pyrrole nitrogens is 1. The molecule has 5 heteroatoms. The average molecular weight is 276 g/mol. The van der Waals surface area contributed by atoms with E-state index in [2.05, 4.69) is 10.3 Å². The number of ketones is 1. The van der Waals surface area contributed by atoms with Crippen LogP contribution >= 0.6 is 0 Å². The first-order valence-electron chi connectivity index (χ1n) is 6.91. The molecule has 0 atom stereocenters. The number of hydrogen-bond donors (Lipinski definition) is 2. The van der Waals surface area contributed by atoms with Crippen molar-refractivity contribution in [3.63, 3.8) is 0 Å². The predicted molar refractivity (Wildman–Crippen MR) is 76.1 cm³/mol. The average Bonchev–Trinajstić information content (AvgIpc) is 2.33. The molecule has 1 aliphatic carbocycles. The molecular weight excluding hydrogens is 256 g/mol. The number of pyridine rings is 1. The number of carbonyl (C=O) groups is 2. The zero-order valence-electron chi connectivity index (χ0n) is 12.1. The van der Waals surface area contributed by atoms with Crippen LogP contribution in [0.1, 0.15) is 60.0 Å². The van der Waals surface area contributed by atoms with Gasteiger partial charge < -0.3 is 10.3 Å². The smallest absolute Gasteiger partial charge is 0.261 e. The summed E-state index contributed by atoms with van der Waals surface area (Å²) in [6.45, 7) is 6.43. The maximum absolute atomic E-state index is 12.1. The van der Waals surface area contributed by atoms with Crippen molar-refractivity contribution >= 4 is 11.7 Å². The van der Waals surface area contributed by atoms with Crippen molar-refractivity contribution in [3.8, 4) is 0 Å². The van der Waals surface area contributed by atoms with Crippen LogP contribution in [0.5, 0.6) is 0 Å². The second-order valence-electron chi connectivity index (χ2n) is 6.10. The fraction of sp³-hybridized carbons (Fsp3) is 0.533. The second kappa shape index (κ2) is 5.23. The molecule has 0 fully saturated rings. The number of aromatic amines is 1. The summed E-state index contributed by atoms with van der Waals surface area (Å²) >= 11 is 0. The molecule has 0 radical (unpaired) electrons. The van der Waals surface area contributed by atoms with E-state index < -0.39 is 11.5 Å². The van der Waals surface area contributed by atoms with Crippen LogP contribution in [0.3, 0.4) is 0 Å². The minimum atomic E-state index is -0.428. The van der Waals surface area contributed by atoms with Gasteiger partial charge in [-0.1, -0.05) is 20.8 Å². The molecule has 0 aromatic carbocycles. The molecule has 20 heavy (non-hydrogen) atoms. The van der Waals surface area contributed by atoms with Crippen molar-refractivity contribution in [2.24, 2.45) is 5.41 Å². The second-order valence-corrected chi connectivity index (χ2v) is 6.10. The van der Waals surface area contributed by atoms with E-state index >= 15 is 0 Å². The van der Waals surface area contributed by atoms with Crippen LogP contribution in [-0.4, -0.2) is 23.2 Å². The molecule has 108 valence electrons. The highest BCUT2D eigenvalue weighted by Crippen LogP contribution is 2.33. The van der Waals surface area contributed by atoms with Crippen molar-refractivity contribution < 1.29 is 9.59 Å². The number of aromatic nitrogens is 1. The molecule has 0 aliphatic heterocycles. The SMILES string of the molecule is CCCNC(=O)c1cc2c([nH]c1=O)CC(C)(C)CC2=O. The fourth-order valence-electron chi connectivity index (χ4n) is 2.53. The Labute approximate surface area is 117 Å². The zero-order chi connectivity index (χ0) is 14.9. The first-order valence-corrected chi connectivity index (χ1v) is 6.91. The molecule has 2 N–H and O–H groups in total. The molecule has 1 aliphatic rings. The van der Waals surface area contributed by atoms with Crippen LogP contribution in [0.15, 0.2) is 10.9 Å². The Morgan fingerprint density at radius 1 is 1.35 bits per heavy atom. The summed E-state index contributed by atoms with van der Waals surface area (Å²) in [5.74, 6) is -0.439. The molecule has 1 aromatic heterocycles. The third-order valence-corrected chi connectivity index (χ3v) is 3.50. The number of carbonyl (C=O) groups excluding carboxylic acids is 2. The van der Waals surface area contributed by atoms with Crippen molar-refractivity contribution in [1.29, 1.82) is 0 Å². The van der Waals surface area contributed by atoms with E-state index in [4.69, 9.17) is 0 Å². The van der Waals surface area contributed by atoms with Gasteiger partial charge >= 0.3 is 0 Å². The molecule has 0 spiro atoms. The van der Waals surface area contributed by atoms with E-state index in [1.807, 2.05) is 20.8 Å². The largest absolute Gasteiger partial charge is 0.352 e. The van der Waals surface area contributed by atoms with Crippen molar-refractivity contribution in [2.75, 3.05) is 6.54 Å². The molecular formula is C15H20N2O3. The van der Waals surface area contributed by atoms with E-state index in [0.29, 0.717) is 30.6 Å². The zero-order valence-corrected chi connectivity index (χ0v) is 12.1. The molecule has 1 amide bonds. The van der Waals surface area contributed by atoms with Crippen LogP contribution in [-0.2, 0) is 6.42 Å². The lowest BCUT2D eigenvalue weighted by Gasteiger charge is -2.29. The van der Waals surface area contributed by atoms with Crippen LogP contribution in [0.2, 0.25) is 0 Å². The van der Waals surface area contributed by atoms with E-state index in [9.17, 15) is 14.4 Å². The Kier molecular flexibility index (Phi) is 3.79. The number of fused-ring (bicyclic) bond motifs is 1. The van der Waals surface area contributed by atoms with E-state index in [0.717, 1.165) is 6.42 Å². The molecule has 1 heterocycles. The highest BCUT2D eigenvalue weighted by Gasteiger charge is 2.32. The van der Waals surface area contributed by atoms with Gasteiger partial charge in [0.05, 0.1) is 0 Å². The van der Waals surface area contributed by atoms with Gasteiger partial charge in [-0.3, -0.25) is 14.4 Å². The molecule has 1 aromatic rings. The monoisotopic (exact) mass is 276 g/mol. The number of rotatable bonds is 3. The summed E-state index contributed by atoms with van der Waals surface area (Å²) in [4.78, 5) is 38.7. The quantitative estimate of drug-likeness (QED) is 0.881. The lowest BCUT2D eigenvalue weighted by molar-refractivity contribution is 0.0910. The summed E-state index contributed by atoms with van der Waals surface area (Å²) in [5.41, 5.74) is 0.556. The summed E-state index contributed by atoms with van der Waals surface area (Å²) in [6.07, 6.45) is 1.87. The van der Waals surface area contributed by atoms with Gasteiger partial charge in [0.1, 0.15) is 5.56 Å². The summed E-state index contributed by atoms with van der Waals surface area (Å²) < 4.78 is 0. The molecule has 0 unspecified atom stereocenters. The van der Waals surface area contributed by atoms with Gasteiger partial charge in [0.2, 0.25) is 0 Å². The maximum atomic E-state index is 12.1. The highest BCUT2D eigenvalue weighted by molar-refractivity contribution is 6.02. The van der Waals surface area contributed by atoms with Crippen LogP contribution < -0.4 is 10.9 Å². The van der Waals surface area contributed by atoms with Gasteiger partial charge in [-0.25, -0.2) is 0 Å². The van der Waals surface area contributed by atoms with Crippen molar-refractivity contribution in [1.82, 2.24) is 10.3 Å². The van der Waals surface area contributed by atoms with E-state index in [1.165, 1.54) is 6.07 Å². The Bertz CT molecular complexity index is 614. The van der Waals surface area contributed by atoms with Crippen LogP contribution in [0, 0.1) is 5.41 Å². The Morgan fingerprint density at radius 2 is 2.05 bits per heavy atom. The lowest BCUT2D eigenvalue weighted by Crippen LogP contribution is -2.34. The third kappa shape index (κ3) is 2.81. The molecule has 0 bridgehead atoms. The minimum Gasteiger partial charge on any atom is -0.352 e. The van der Waals surface area contributed by atoms with Crippen molar-refractivity contribution in [3.05, 3.63) is 33.2 Å². The van der Waals surface area contributed by atoms with Crippen LogP contribution in [0.25, 0.3) is 0 Å². The first-order chi connectivity index (χ1) is 9.34. The standard InChI is InChI=1S/C15H20N2O3/c1-4-5-16-13(19)10-6-9-11(17-14(10)20)7-15(2,3)8-12(9)18/h6H,4-5,7-8H2,1-3H3,(H,16,19)(H,17,20). The van der Waals surface area contributed by atoms with Gasteiger partial charge in [-0.05, 0) is 24.3 Å². The Balaban J connectivity index is 2.41. The van der Waals surface area contributed by atoms with Gasteiger partial charge in [0, 0.05) is 24.2 Å². The summed E-state index contributed by atoms with van der Waals surface area (Å²) in [7, 11) is 0. The van der Waals surface area contributed by atoms with E-state index in [1.54, 1.807) is 0 Å². The van der Waals surface area contributed by atoms with Crippen molar-refractivity contribution in [2.45, 2.75) is 40.0 Å². The first kappa shape index (κ1) is 14.5. The normalized spacial score (nSPS) is 16.6. The van der Waals surface area contributed by atoms with Gasteiger partial charge in [0.25, 0.3) is 11.5 Å². The predicted octanol–water partition coefficient (Wildman–Crippen LogP) is 1.67.